The molecule has 0 radical (unpaired) electrons. The van der Waals surface area contributed by atoms with Gasteiger partial charge in [0.25, 0.3) is 11.8 Å². The van der Waals surface area contributed by atoms with Gasteiger partial charge in [-0.15, -0.1) is 0 Å². The number of carbonyl (C=O) groups is 2. The number of benzene rings is 1. The minimum absolute atomic E-state index is 0.0254. The Labute approximate surface area is 189 Å². The Morgan fingerprint density at radius 2 is 1.75 bits per heavy atom. The Hall–Kier alpha value is -3.28. The third-order valence-electron chi connectivity index (χ3n) is 6.27. The number of nitrogens with one attached hydrogen (secondary N) is 1. The molecule has 0 saturated carbocycles. The Morgan fingerprint density at radius 1 is 1.03 bits per heavy atom. The van der Waals surface area contributed by atoms with Crippen molar-refractivity contribution in [3.8, 4) is 0 Å². The number of anilines is 1. The minimum atomic E-state index is -0.218. The number of furan rings is 1. The summed E-state index contributed by atoms with van der Waals surface area (Å²) in [6, 6.07) is 12.9. The molecule has 0 aliphatic carbocycles. The molecule has 6 nitrogen and oxygen atoms in total. The van der Waals surface area contributed by atoms with Gasteiger partial charge in [-0.3, -0.25) is 9.59 Å². The summed E-state index contributed by atoms with van der Waals surface area (Å²) in [7, 11) is 0. The van der Waals surface area contributed by atoms with Gasteiger partial charge in [0.2, 0.25) is 0 Å². The first-order valence-electron chi connectivity index (χ1n) is 11.2. The second-order valence-corrected chi connectivity index (χ2v) is 9.11. The van der Waals surface area contributed by atoms with Crippen molar-refractivity contribution in [2.75, 3.05) is 18.4 Å². The maximum Gasteiger partial charge on any atom is 0.257 e. The van der Waals surface area contributed by atoms with Gasteiger partial charge < -0.3 is 19.2 Å². The standard InChI is InChI=1S/C26H31N3O3/c1-17-12-18(2)15-28(14-17)26(31)22-9-5-6-10-24(22)27-25(30)23-13-19(3)29(20(23)4)16-21-8-7-11-32-21/h5-11,13,17-18H,12,14-16H2,1-4H3,(H,27,30). The molecular weight excluding hydrogens is 402 g/mol. The van der Waals surface area contributed by atoms with Gasteiger partial charge in [-0.05, 0) is 62.4 Å². The fourth-order valence-corrected chi connectivity index (χ4v) is 4.80. The average Bonchev–Trinajstić information content (AvgIpc) is 3.37. The Morgan fingerprint density at radius 3 is 2.44 bits per heavy atom. The number of carbonyl (C=O) groups excluding carboxylic acids is 2. The first-order chi connectivity index (χ1) is 15.3. The molecule has 1 aliphatic heterocycles. The number of aryl methyl sites for hydroxylation is 1. The molecule has 1 aromatic carbocycles. The Bertz CT molecular complexity index is 1100. The van der Waals surface area contributed by atoms with E-state index in [0.717, 1.165) is 36.7 Å². The van der Waals surface area contributed by atoms with Crippen LogP contribution in [0.5, 0.6) is 0 Å². The molecule has 1 N–H and O–H groups in total. The van der Waals surface area contributed by atoms with Gasteiger partial charge in [-0.25, -0.2) is 0 Å². The van der Waals surface area contributed by atoms with Crippen LogP contribution in [0, 0.1) is 25.7 Å². The number of aromatic nitrogens is 1. The normalized spacial score (nSPS) is 18.6. The summed E-state index contributed by atoms with van der Waals surface area (Å²) in [4.78, 5) is 28.4. The van der Waals surface area contributed by atoms with E-state index in [1.54, 1.807) is 18.4 Å². The van der Waals surface area contributed by atoms with Gasteiger partial charge >= 0.3 is 0 Å². The second-order valence-electron chi connectivity index (χ2n) is 9.11. The molecule has 1 aliphatic rings. The molecule has 32 heavy (non-hydrogen) atoms. The molecular formula is C26H31N3O3. The van der Waals surface area contributed by atoms with Crippen LogP contribution in [0.25, 0.3) is 0 Å². The average molecular weight is 434 g/mol. The minimum Gasteiger partial charge on any atom is -0.467 e. The monoisotopic (exact) mass is 433 g/mol. The zero-order valence-electron chi connectivity index (χ0n) is 19.2. The highest BCUT2D eigenvalue weighted by Crippen LogP contribution is 2.26. The molecule has 3 heterocycles. The summed E-state index contributed by atoms with van der Waals surface area (Å²) < 4.78 is 7.52. The molecule has 2 aromatic heterocycles. The number of rotatable bonds is 5. The molecule has 6 heteroatoms. The van der Waals surface area contributed by atoms with Crippen LogP contribution < -0.4 is 5.32 Å². The summed E-state index contributed by atoms with van der Waals surface area (Å²) in [5, 5.41) is 2.99. The molecule has 1 fully saturated rings. The summed E-state index contributed by atoms with van der Waals surface area (Å²) in [6.07, 6.45) is 2.78. The fraction of sp³-hybridized carbons (Fsp3) is 0.385. The smallest absolute Gasteiger partial charge is 0.257 e. The third kappa shape index (κ3) is 4.49. The van der Waals surface area contributed by atoms with Crippen molar-refractivity contribution in [1.82, 2.24) is 9.47 Å². The van der Waals surface area contributed by atoms with E-state index in [1.165, 1.54) is 0 Å². The van der Waals surface area contributed by atoms with Crippen molar-refractivity contribution in [3.63, 3.8) is 0 Å². The topological polar surface area (TPSA) is 67.5 Å². The van der Waals surface area contributed by atoms with Crippen molar-refractivity contribution in [2.24, 2.45) is 11.8 Å². The first kappa shape index (κ1) is 21.9. The largest absolute Gasteiger partial charge is 0.467 e. The fourth-order valence-electron chi connectivity index (χ4n) is 4.80. The quantitative estimate of drug-likeness (QED) is 0.607. The van der Waals surface area contributed by atoms with Crippen LogP contribution in [0.3, 0.4) is 0 Å². The van der Waals surface area contributed by atoms with E-state index in [4.69, 9.17) is 4.42 Å². The van der Waals surface area contributed by atoms with Gasteiger partial charge in [0, 0.05) is 24.5 Å². The van der Waals surface area contributed by atoms with Crippen molar-refractivity contribution >= 4 is 17.5 Å². The van der Waals surface area contributed by atoms with E-state index < -0.39 is 0 Å². The van der Waals surface area contributed by atoms with Crippen LogP contribution in [-0.2, 0) is 6.54 Å². The van der Waals surface area contributed by atoms with Gasteiger partial charge in [-0.2, -0.15) is 0 Å². The SMILES string of the molecule is Cc1cc(C(=O)Nc2ccccc2C(=O)N2CC(C)CC(C)C2)c(C)n1Cc1ccco1. The summed E-state index contributed by atoms with van der Waals surface area (Å²) in [5.41, 5.74) is 3.51. The lowest BCUT2D eigenvalue weighted by atomic mass is 9.91. The van der Waals surface area contributed by atoms with Crippen LogP contribution in [-0.4, -0.2) is 34.4 Å². The Balaban J connectivity index is 1.55. The molecule has 2 amide bonds. The van der Waals surface area contributed by atoms with Crippen molar-refractivity contribution in [1.29, 1.82) is 0 Å². The highest BCUT2D eigenvalue weighted by atomic mass is 16.3. The molecule has 168 valence electrons. The van der Waals surface area contributed by atoms with E-state index >= 15 is 0 Å². The predicted molar refractivity (Wildman–Crippen MR) is 125 cm³/mol. The maximum absolute atomic E-state index is 13.3. The molecule has 3 aromatic rings. The molecule has 0 spiro atoms. The highest BCUT2D eigenvalue weighted by Gasteiger charge is 2.28. The number of hydrogen-bond donors (Lipinski definition) is 1. The van der Waals surface area contributed by atoms with E-state index in [-0.39, 0.29) is 11.8 Å². The summed E-state index contributed by atoms with van der Waals surface area (Å²) in [6.45, 7) is 10.3. The van der Waals surface area contributed by atoms with Gasteiger partial charge in [0.15, 0.2) is 0 Å². The van der Waals surface area contributed by atoms with E-state index in [2.05, 4.69) is 23.7 Å². The third-order valence-corrected chi connectivity index (χ3v) is 6.27. The lowest BCUT2D eigenvalue weighted by Crippen LogP contribution is -2.42. The summed E-state index contributed by atoms with van der Waals surface area (Å²) in [5.74, 6) is 1.54. The van der Waals surface area contributed by atoms with Crippen molar-refractivity contribution < 1.29 is 14.0 Å². The Kier molecular flexibility index (Phi) is 6.21. The van der Waals surface area contributed by atoms with E-state index in [0.29, 0.717) is 35.2 Å². The summed E-state index contributed by atoms with van der Waals surface area (Å²) >= 11 is 0. The lowest BCUT2D eigenvalue weighted by Gasteiger charge is -2.35. The molecule has 2 unspecified atom stereocenters. The first-order valence-corrected chi connectivity index (χ1v) is 11.2. The van der Waals surface area contributed by atoms with Crippen LogP contribution >= 0.6 is 0 Å². The number of nitrogens with zero attached hydrogens (tertiary/aromatic N) is 2. The second kappa shape index (κ2) is 9.07. The van der Waals surface area contributed by atoms with Gasteiger partial charge in [-0.1, -0.05) is 26.0 Å². The van der Waals surface area contributed by atoms with E-state index in [1.807, 2.05) is 49.1 Å². The molecule has 4 rings (SSSR count). The number of para-hydroxylation sites is 1. The van der Waals surface area contributed by atoms with Crippen LogP contribution in [0.1, 0.15) is 58.1 Å². The molecule has 2 atom stereocenters. The molecule has 0 bridgehead atoms. The number of amides is 2. The van der Waals surface area contributed by atoms with E-state index in [9.17, 15) is 9.59 Å². The number of piperidine rings is 1. The van der Waals surface area contributed by atoms with Crippen molar-refractivity contribution in [3.05, 3.63) is 77.0 Å². The number of likely N-dealkylation sites (tertiary alicyclic amines) is 1. The van der Waals surface area contributed by atoms with Crippen molar-refractivity contribution in [2.45, 2.75) is 40.7 Å². The molecule has 1 saturated heterocycles. The van der Waals surface area contributed by atoms with Gasteiger partial charge in [0.1, 0.15) is 5.76 Å². The lowest BCUT2D eigenvalue weighted by molar-refractivity contribution is 0.0624. The zero-order valence-corrected chi connectivity index (χ0v) is 19.2. The van der Waals surface area contributed by atoms with Gasteiger partial charge in [0.05, 0.1) is 29.6 Å². The predicted octanol–water partition coefficient (Wildman–Crippen LogP) is 5.12. The number of hydrogen-bond acceptors (Lipinski definition) is 3. The van der Waals surface area contributed by atoms with Crippen LogP contribution in [0.2, 0.25) is 0 Å². The zero-order chi connectivity index (χ0) is 22.8. The maximum atomic E-state index is 13.3. The van der Waals surface area contributed by atoms with Crippen LogP contribution in [0.15, 0.2) is 53.1 Å². The highest BCUT2D eigenvalue weighted by molar-refractivity contribution is 6.09. The van der Waals surface area contributed by atoms with Crippen LogP contribution in [0.4, 0.5) is 5.69 Å².